The molecule has 0 aliphatic carbocycles. The highest BCUT2D eigenvalue weighted by atomic mass is 32.2. The minimum absolute atomic E-state index is 0.0778. The number of hydrogen-bond acceptors (Lipinski definition) is 7. The van der Waals surface area contributed by atoms with Gasteiger partial charge in [-0.3, -0.25) is 9.59 Å². The molecule has 0 aromatic heterocycles. The summed E-state index contributed by atoms with van der Waals surface area (Å²) in [7, 11) is -2.40. The first-order valence-electron chi connectivity index (χ1n) is 8.70. The molecule has 0 radical (unpaired) electrons. The van der Waals surface area contributed by atoms with Crippen LogP contribution in [0.5, 0.6) is 0 Å². The molecule has 28 heavy (non-hydrogen) atoms. The Balaban J connectivity index is 2.19. The lowest BCUT2D eigenvalue weighted by Crippen LogP contribution is -2.65. The van der Waals surface area contributed by atoms with E-state index in [1.54, 1.807) is 12.1 Å². The van der Waals surface area contributed by atoms with Gasteiger partial charge < -0.3 is 20.7 Å². The van der Waals surface area contributed by atoms with Crippen LogP contribution in [0, 0.1) is 12.3 Å². The number of hydrazine groups is 1. The van der Waals surface area contributed by atoms with Crippen LogP contribution in [0.15, 0.2) is 29.2 Å². The fourth-order valence-electron chi connectivity index (χ4n) is 3.04. The zero-order chi connectivity index (χ0) is 20.9. The highest BCUT2D eigenvalue weighted by Gasteiger charge is 2.37. The number of likely N-dealkylation sites (N-methyl/N-ethyl adjacent to an activating group) is 1. The number of carboxylic acids is 1. The van der Waals surface area contributed by atoms with Gasteiger partial charge in [-0.2, -0.15) is 0 Å². The molecule has 154 valence electrons. The lowest BCUT2D eigenvalue weighted by Gasteiger charge is -2.39. The second kappa shape index (κ2) is 9.24. The Morgan fingerprint density at radius 2 is 2.11 bits per heavy atom. The monoisotopic (exact) mass is 411 g/mol. The van der Waals surface area contributed by atoms with Gasteiger partial charge in [0.1, 0.15) is 12.6 Å². The number of piperazine rings is 1. The summed E-state index contributed by atoms with van der Waals surface area (Å²) in [5.74, 6) is -1.56. The predicted octanol–water partition coefficient (Wildman–Crippen LogP) is -0.587. The largest absolute Gasteiger partial charge is 0.480 e. The molecule has 2 atom stereocenters. The summed E-state index contributed by atoms with van der Waals surface area (Å²) < 4.78 is 25.3. The predicted molar refractivity (Wildman–Crippen MR) is 102 cm³/mol. The van der Waals surface area contributed by atoms with E-state index in [-0.39, 0.29) is 17.9 Å². The lowest BCUT2D eigenvalue weighted by atomic mass is 10.0. The summed E-state index contributed by atoms with van der Waals surface area (Å²) >= 11 is 0. The van der Waals surface area contributed by atoms with E-state index < -0.39 is 40.5 Å². The maximum absolute atomic E-state index is 12.7. The maximum atomic E-state index is 12.7. The molecule has 1 amide bonds. The van der Waals surface area contributed by atoms with Crippen molar-refractivity contribution in [1.29, 1.82) is 5.41 Å². The van der Waals surface area contributed by atoms with Gasteiger partial charge in [-0.05, 0) is 25.3 Å². The summed E-state index contributed by atoms with van der Waals surface area (Å²) in [6, 6.07) is 4.77. The normalized spacial score (nSPS) is 18.9. The van der Waals surface area contributed by atoms with Crippen LogP contribution in [0.2, 0.25) is 0 Å². The van der Waals surface area contributed by atoms with Gasteiger partial charge in [0.15, 0.2) is 0 Å². The number of aliphatic carboxylic acids is 1. The van der Waals surface area contributed by atoms with Gasteiger partial charge in [0, 0.05) is 26.6 Å². The average molecular weight is 411 g/mol. The van der Waals surface area contributed by atoms with Crippen molar-refractivity contribution in [3.8, 4) is 0 Å². The van der Waals surface area contributed by atoms with Gasteiger partial charge in [0.25, 0.3) is 10.0 Å². The summed E-state index contributed by atoms with van der Waals surface area (Å²) in [6.07, 6.45) is 1.18. The lowest BCUT2D eigenvalue weighted by molar-refractivity contribution is -0.147. The van der Waals surface area contributed by atoms with E-state index in [1.807, 2.05) is 6.92 Å². The smallest absolute Gasteiger partial charge is 0.323 e. The molecule has 1 aliphatic rings. The Morgan fingerprint density at radius 3 is 2.68 bits per heavy atom. The van der Waals surface area contributed by atoms with E-state index in [0.717, 1.165) is 11.8 Å². The minimum Gasteiger partial charge on any atom is -0.480 e. The number of rotatable bonds is 9. The fraction of sp³-hybridized carbons (Fsp3) is 0.471. The Kier molecular flexibility index (Phi) is 7.24. The summed E-state index contributed by atoms with van der Waals surface area (Å²) in [5, 5.41) is 20.7. The van der Waals surface area contributed by atoms with Crippen molar-refractivity contribution in [1.82, 2.24) is 20.1 Å². The molecule has 1 saturated heterocycles. The molecular weight excluding hydrogens is 386 g/mol. The van der Waals surface area contributed by atoms with E-state index in [0.29, 0.717) is 6.54 Å². The van der Waals surface area contributed by atoms with Gasteiger partial charge in [-0.1, -0.05) is 17.7 Å². The second-order valence-electron chi connectivity index (χ2n) is 6.61. The first kappa shape index (κ1) is 22.0. The van der Waals surface area contributed by atoms with Gasteiger partial charge >= 0.3 is 5.97 Å². The van der Waals surface area contributed by atoms with Crippen molar-refractivity contribution in [2.75, 3.05) is 26.7 Å². The zero-order valence-corrected chi connectivity index (χ0v) is 16.6. The zero-order valence-electron chi connectivity index (χ0n) is 15.8. The van der Waals surface area contributed by atoms with Crippen LogP contribution in [0.4, 0.5) is 0 Å². The molecule has 1 fully saturated rings. The van der Waals surface area contributed by atoms with Crippen LogP contribution in [-0.4, -0.2) is 80.3 Å². The number of hydrogen-bond donors (Lipinski definition) is 4. The molecule has 1 unspecified atom stereocenters. The van der Waals surface area contributed by atoms with Gasteiger partial charge in [-0.25, -0.2) is 13.4 Å². The molecule has 1 aromatic carbocycles. The number of carboxylic acid groups (broad SMARTS) is 1. The van der Waals surface area contributed by atoms with Gasteiger partial charge in [-0.15, -0.1) is 4.83 Å². The molecule has 11 heteroatoms. The van der Waals surface area contributed by atoms with Crippen molar-refractivity contribution in [3.63, 3.8) is 0 Å². The van der Waals surface area contributed by atoms with E-state index in [2.05, 4.69) is 10.1 Å². The van der Waals surface area contributed by atoms with Crippen molar-refractivity contribution < 1.29 is 23.1 Å². The maximum Gasteiger partial charge on any atom is 0.323 e. The van der Waals surface area contributed by atoms with E-state index >= 15 is 0 Å². The third kappa shape index (κ3) is 5.35. The number of carbonyl (C=O) groups is 2. The van der Waals surface area contributed by atoms with Crippen molar-refractivity contribution in [2.45, 2.75) is 30.3 Å². The first-order chi connectivity index (χ1) is 13.2. The van der Waals surface area contributed by atoms with Crippen molar-refractivity contribution >= 4 is 28.1 Å². The first-order valence-corrected chi connectivity index (χ1v) is 10.2. The number of amides is 1. The average Bonchev–Trinajstić information content (AvgIpc) is 2.61. The molecule has 1 heterocycles. The van der Waals surface area contributed by atoms with E-state index in [9.17, 15) is 18.0 Å². The second-order valence-corrected chi connectivity index (χ2v) is 8.27. The van der Waals surface area contributed by atoms with E-state index in [1.165, 1.54) is 29.1 Å². The number of nitrogens with zero attached hydrogens (tertiary/aromatic N) is 2. The Morgan fingerprint density at radius 1 is 1.46 bits per heavy atom. The van der Waals surface area contributed by atoms with Crippen LogP contribution in [0.25, 0.3) is 0 Å². The van der Waals surface area contributed by atoms with E-state index in [4.69, 9.17) is 10.5 Å². The van der Waals surface area contributed by atoms with Crippen molar-refractivity contribution in [3.05, 3.63) is 29.8 Å². The molecule has 1 aliphatic heterocycles. The van der Waals surface area contributed by atoms with Crippen LogP contribution >= 0.6 is 0 Å². The van der Waals surface area contributed by atoms with Crippen LogP contribution in [0.3, 0.4) is 0 Å². The van der Waals surface area contributed by atoms with Crippen LogP contribution in [0.1, 0.15) is 12.0 Å². The molecule has 1 aromatic rings. The molecule has 2 rings (SSSR count). The Hall–Kier alpha value is -2.34. The molecular formula is C17H25N5O5S. The quantitative estimate of drug-likeness (QED) is 0.314. The topological polar surface area (TPSA) is 143 Å². The SMILES string of the molecule is Cc1ccc(S(=O)(=O)NN(C)C(CC=N)[C@@H]2NCCN(CC(=O)O)C2=O)cc1. The summed E-state index contributed by atoms with van der Waals surface area (Å²) in [5.41, 5.74) is 0.921. The van der Waals surface area contributed by atoms with Crippen LogP contribution < -0.4 is 10.1 Å². The Labute approximate surface area is 164 Å². The minimum atomic E-state index is -3.87. The van der Waals surface area contributed by atoms with Gasteiger partial charge in [0.2, 0.25) is 5.91 Å². The fourth-order valence-corrected chi connectivity index (χ4v) is 4.15. The molecule has 0 spiro atoms. The third-order valence-electron chi connectivity index (χ3n) is 4.49. The number of benzene rings is 1. The molecule has 0 bridgehead atoms. The molecule has 0 saturated carbocycles. The number of nitrogens with one attached hydrogen (secondary N) is 3. The number of aryl methyl sites for hydroxylation is 1. The summed E-state index contributed by atoms with van der Waals surface area (Å²) in [4.78, 5) is 27.4. The number of sulfonamides is 1. The van der Waals surface area contributed by atoms with Gasteiger partial charge in [0.05, 0.1) is 10.9 Å². The highest BCUT2D eigenvalue weighted by molar-refractivity contribution is 7.89. The third-order valence-corrected chi connectivity index (χ3v) is 5.91. The number of carbonyl (C=O) groups excluding carboxylic acids is 1. The van der Waals surface area contributed by atoms with Crippen LogP contribution in [-0.2, 0) is 19.6 Å². The molecule has 10 nitrogen and oxygen atoms in total. The van der Waals surface area contributed by atoms with Crippen molar-refractivity contribution in [2.24, 2.45) is 0 Å². The Bertz CT molecular complexity index is 827. The molecule has 4 N–H and O–H groups in total. The highest BCUT2D eigenvalue weighted by Crippen LogP contribution is 2.15. The standard InChI is InChI=1S/C17H25N5O5S/c1-12-3-5-13(6-4-12)28(26,27)20-21(2)14(7-8-18)16-17(25)22(10-9-19-16)11-15(23)24/h3-6,8,14,16,18-20H,7,9-11H2,1-2H3,(H,23,24)/t14?,16-/m0/s1. The summed E-state index contributed by atoms with van der Waals surface area (Å²) in [6.45, 7) is 2.04.